The largest absolute Gasteiger partial charge is 0.300 e. The lowest BCUT2D eigenvalue weighted by atomic mass is 10.0. The zero-order valence-electron chi connectivity index (χ0n) is 15.9. The second-order valence-corrected chi connectivity index (χ2v) is 9.78. The Morgan fingerprint density at radius 2 is 1.77 bits per heavy atom. The van der Waals surface area contributed by atoms with E-state index >= 15 is 0 Å². The number of halogens is 1. The van der Waals surface area contributed by atoms with Crippen molar-refractivity contribution in [3.05, 3.63) is 64.7 Å². The highest BCUT2D eigenvalue weighted by atomic mass is 35.5. The first-order valence-corrected chi connectivity index (χ1v) is 11.4. The number of nitrogens with one attached hydrogen (secondary N) is 2. The zero-order valence-corrected chi connectivity index (χ0v) is 18.3. The van der Waals surface area contributed by atoms with Gasteiger partial charge in [0.25, 0.3) is 14.4 Å². The lowest BCUT2D eigenvalue weighted by Gasteiger charge is -2.11. The molecule has 3 rings (SSSR count). The molecule has 0 aliphatic heterocycles. The van der Waals surface area contributed by atoms with Crippen molar-refractivity contribution >= 4 is 55.5 Å². The quantitative estimate of drug-likeness (QED) is 0.405. The SMILES string of the molecule is CC(C)C(=O)Nc1nnc(S(=O)(=O)Nc2ccc(Cl)cc2C(=O)c2ccccc2)s1. The van der Waals surface area contributed by atoms with Crippen molar-refractivity contribution in [3.63, 3.8) is 0 Å². The van der Waals surface area contributed by atoms with E-state index in [1.54, 1.807) is 44.2 Å². The molecule has 3 aromatic rings. The molecular formula is C19H17ClN4O4S2. The van der Waals surface area contributed by atoms with Gasteiger partial charge in [0.05, 0.1) is 5.69 Å². The van der Waals surface area contributed by atoms with Crippen molar-refractivity contribution in [3.8, 4) is 0 Å². The van der Waals surface area contributed by atoms with E-state index in [-0.39, 0.29) is 37.6 Å². The third-order valence-electron chi connectivity index (χ3n) is 3.90. The van der Waals surface area contributed by atoms with Gasteiger partial charge in [0, 0.05) is 22.1 Å². The number of ketones is 1. The Morgan fingerprint density at radius 1 is 1.07 bits per heavy atom. The maximum Gasteiger partial charge on any atom is 0.291 e. The van der Waals surface area contributed by atoms with Gasteiger partial charge in [0.15, 0.2) is 5.78 Å². The number of amides is 1. The van der Waals surface area contributed by atoms with Crippen LogP contribution in [-0.2, 0) is 14.8 Å². The molecule has 0 aliphatic rings. The van der Waals surface area contributed by atoms with E-state index in [9.17, 15) is 18.0 Å². The standard InChI is InChI=1S/C19H17ClN4O4S2/c1-11(2)17(26)21-18-22-23-19(29-18)30(27,28)24-15-9-8-13(20)10-14(15)16(25)12-6-4-3-5-7-12/h3-11,24H,1-2H3,(H,21,22,26). The molecule has 1 aromatic heterocycles. The van der Waals surface area contributed by atoms with Gasteiger partial charge in [-0.25, -0.2) is 0 Å². The third-order valence-corrected chi connectivity index (χ3v) is 6.70. The molecule has 0 unspecified atom stereocenters. The van der Waals surface area contributed by atoms with E-state index in [4.69, 9.17) is 11.6 Å². The van der Waals surface area contributed by atoms with Crippen molar-refractivity contribution in [2.24, 2.45) is 5.92 Å². The highest BCUT2D eigenvalue weighted by Gasteiger charge is 2.24. The Balaban J connectivity index is 1.90. The van der Waals surface area contributed by atoms with Crippen molar-refractivity contribution < 1.29 is 18.0 Å². The zero-order chi connectivity index (χ0) is 21.9. The summed E-state index contributed by atoms with van der Waals surface area (Å²) < 4.78 is 27.5. The summed E-state index contributed by atoms with van der Waals surface area (Å²) in [4.78, 5) is 24.6. The van der Waals surface area contributed by atoms with Gasteiger partial charge in [-0.05, 0) is 18.2 Å². The van der Waals surface area contributed by atoms with Crippen molar-refractivity contribution in [2.75, 3.05) is 10.0 Å². The van der Waals surface area contributed by atoms with Crippen LogP contribution in [0.2, 0.25) is 5.02 Å². The molecule has 156 valence electrons. The molecule has 0 fully saturated rings. The Bertz CT molecular complexity index is 1190. The Kier molecular flexibility index (Phi) is 6.49. The van der Waals surface area contributed by atoms with Crippen LogP contribution in [0.5, 0.6) is 0 Å². The summed E-state index contributed by atoms with van der Waals surface area (Å²) in [5.41, 5.74) is 0.529. The van der Waals surface area contributed by atoms with Crippen LogP contribution < -0.4 is 10.0 Å². The first-order chi connectivity index (χ1) is 14.2. The molecule has 0 bridgehead atoms. The number of hydrogen-bond acceptors (Lipinski definition) is 7. The van der Waals surface area contributed by atoms with Crippen LogP contribution in [0.1, 0.15) is 29.8 Å². The first kappa shape index (κ1) is 21.9. The van der Waals surface area contributed by atoms with Crippen LogP contribution in [0.3, 0.4) is 0 Å². The van der Waals surface area contributed by atoms with Crippen LogP contribution in [-0.4, -0.2) is 30.3 Å². The maximum atomic E-state index is 12.9. The molecular weight excluding hydrogens is 448 g/mol. The molecule has 30 heavy (non-hydrogen) atoms. The van der Waals surface area contributed by atoms with Crippen LogP contribution >= 0.6 is 22.9 Å². The van der Waals surface area contributed by atoms with E-state index in [0.29, 0.717) is 16.9 Å². The molecule has 0 spiro atoms. The molecule has 1 heterocycles. The van der Waals surface area contributed by atoms with Crippen molar-refractivity contribution in [1.29, 1.82) is 0 Å². The normalized spacial score (nSPS) is 11.3. The van der Waals surface area contributed by atoms with Gasteiger partial charge < -0.3 is 5.32 Å². The molecule has 2 N–H and O–H groups in total. The molecule has 0 saturated carbocycles. The van der Waals surface area contributed by atoms with Crippen LogP contribution in [0.4, 0.5) is 10.8 Å². The summed E-state index contributed by atoms with van der Waals surface area (Å²) in [6, 6.07) is 12.7. The van der Waals surface area contributed by atoms with E-state index in [2.05, 4.69) is 20.2 Å². The average Bonchev–Trinajstić information content (AvgIpc) is 3.19. The lowest BCUT2D eigenvalue weighted by molar-refractivity contribution is -0.118. The number of rotatable bonds is 7. The van der Waals surface area contributed by atoms with Gasteiger partial charge in [0.1, 0.15) is 0 Å². The molecule has 0 atom stereocenters. The predicted octanol–water partition coefficient (Wildman–Crippen LogP) is 3.82. The molecule has 2 aromatic carbocycles. The van der Waals surface area contributed by atoms with Crippen molar-refractivity contribution in [1.82, 2.24) is 10.2 Å². The molecule has 8 nitrogen and oxygen atoms in total. The Morgan fingerprint density at radius 3 is 2.43 bits per heavy atom. The van der Waals surface area contributed by atoms with E-state index in [1.807, 2.05) is 0 Å². The van der Waals surface area contributed by atoms with Gasteiger partial charge in [0.2, 0.25) is 11.0 Å². The van der Waals surface area contributed by atoms with Gasteiger partial charge >= 0.3 is 0 Å². The number of hydrogen-bond donors (Lipinski definition) is 2. The number of sulfonamides is 1. The topological polar surface area (TPSA) is 118 Å². The molecule has 0 radical (unpaired) electrons. The first-order valence-electron chi connectivity index (χ1n) is 8.74. The number of benzene rings is 2. The molecule has 0 saturated heterocycles. The number of nitrogens with zero attached hydrogens (tertiary/aromatic N) is 2. The lowest BCUT2D eigenvalue weighted by Crippen LogP contribution is -2.17. The summed E-state index contributed by atoms with van der Waals surface area (Å²) >= 11 is 6.73. The summed E-state index contributed by atoms with van der Waals surface area (Å²) in [7, 11) is -4.15. The smallest absolute Gasteiger partial charge is 0.291 e. The minimum absolute atomic E-state index is 0.0521. The molecule has 11 heteroatoms. The van der Waals surface area contributed by atoms with Crippen molar-refractivity contribution in [2.45, 2.75) is 18.2 Å². The summed E-state index contributed by atoms with van der Waals surface area (Å²) in [6.45, 7) is 3.39. The number of carbonyl (C=O) groups is 2. The minimum atomic E-state index is -4.15. The number of carbonyl (C=O) groups excluding carboxylic acids is 2. The monoisotopic (exact) mass is 464 g/mol. The Hall–Kier alpha value is -2.82. The summed E-state index contributed by atoms with van der Waals surface area (Å²) in [5.74, 6) is -0.998. The van der Waals surface area contributed by atoms with E-state index < -0.39 is 15.8 Å². The fourth-order valence-corrected chi connectivity index (χ4v) is 4.50. The second-order valence-electron chi connectivity index (χ2n) is 6.51. The second kappa shape index (κ2) is 8.90. The van der Waals surface area contributed by atoms with Gasteiger partial charge in [-0.2, -0.15) is 8.42 Å². The van der Waals surface area contributed by atoms with Gasteiger partial charge in [-0.3, -0.25) is 14.3 Å². The summed E-state index contributed by atoms with van der Waals surface area (Å²) in [5, 5.41) is 10.2. The number of aromatic nitrogens is 2. The van der Waals surface area contributed by atoms with Gasteiger partial charge in [-0.1, -0.05) is 67.1 Å². The number of anilines is 2. The summed E-state index contributed by atoms with van der Waals surface area (Å²) in [6.07, 6.45) is 0. The van der Waals surface area contributed by atoms with Crippen LogP contribution in [0.25, 0.3) is 0 Å². The van der Waals surface area contributed by atoms with E-state index in [1.165, 1.54) is 18.2 Å². The average molecular weight is 465 g/mol. The van der Waals surface area contributed by atoms with Gasteiger partial charge in [-0.15, -0.1) is 10.2 Å². The highest BCUT2D eigenvalue weighted by Crippen LogP contribution is 2.28. The Labute approximate surface area is 182 Å². The third kappa shape index (κ3) is 5.02. The van der Waals surface area contributed by atoms with Crippen LogP contribution in [0, 0.1) is 5.92 Å². The fraction of sp³-hybridized carbons (Fsp3) is 0.158. The highest BCUT2D eigenvalue weighted by molar-refractivity contribution is 7.94. The van der Waals surface area contributed by atoms with Crippen LogP contribution in [0.15, 0.2) is 52.9 Å². The molecule has 1 amide bonds. The predicted molar refractivity (Wildman–Crippen MR) is 116 cm³/mol. The fourth-order valence-electron chi connectivity index (χ4n) is 2.35. The van der Waals surface area contributed by atoms with E-state index in [0.717, 1.165) is 0 Å². The maximum absolute atomic E-state index is 12.9. The minimum Gasteiger partial charge on any atom is -0.300 e. The molecule has 0 aliphatic carbocycles.